The number of carbonyl (C=O) groups excluding carboxylic acids is 2. The molecule has 1 aromatic carbocycles. The Balaban J connectivity index is 2.70. The number of rotatable bonds is 6. The Hall–Kier alpha value is -1.95. The lowest BCUT2D eigenvalue weighted by molar-refractivity contribution is 0.0267. The highest BCUT2D eigenvalue weighted by molar-refractivity contribution is 6.31. The molecule has 0 bridgehead atoms. The SMILES string of the molecule is CCN(CCNc1cc(Cl)ccc1C(=O)OC)C(=O)OC(C)(C)C. The third-order valence-corrected chi connectivity index (χ3v) is 3.35. The summed E-state index contributed by atoms with van der Waals surface area (Å²) >= 11 is 5.98. The predicted molar refractivity (Wildman–Crippen MR) is 94.8 cm³/mol. The molecule has 0 aliphatic rings. The summed E-state index contributed by atoms with van der Waals surface area (Å²) in [5.41, 5.74) is 0.417. The van der Waals surface area contributed by atoms with Crippen LogP contribution in [0, 0.1) is 0 Å². The van der Waals surface area contributed by atoms with Gasteiger partial charge < -0.3 is 19.7 Å². The van der Waals surface area contributed by atoms with E-state index in [1.165, 1.54) is 7.11 Å². The molecule has 0 aliphatic carbocycles. The molecule has 6 nitrogen and oxygen atoms in total. The number of amides is 1. The van der Waals surface area contributed by atoms with E-state index in [9.17, 15) is 9.59 Å². The minimum atomic E-state index is -0.539. The van der Waals surface area contributed by atoms with Gasteiger partial charge in [-0.25, -0.2) is 9.59 Å². The van der Waals surface area contributed by atoms with E-state index < -0.39 is 11.6 Å². The van der Waals surface area contributed by atoms with Crippen LogP contribution in [0.25, 0.3) is 0 Å². The first-order valence-corrected chi connectivity index (χ1v) is 8.15. The molecule has 0 aromatic heterocycles. The molecule has 134 valence electrons. The Kier molecular flexibility index (Phi) is 7.35. The number of anilines is 1. The second-order valence-corrected chi connectivity index (χ2v) is 6.60. The van der Waals surface area contributed by atoms with E-state index in [1.807, 2.05) is 27.7 Å². The predicted octanol–water partition coefficient (Wildman–Crippen LogP) is 3.80. The number of methoxy groups -OCH3 is 1. The maximum Gasteiger partial charge on any atom is 0.410 e. The van der Waals surface area contributed by atoms with Gasteiger partial charge in [-0.3, -0.25) is 0 Å². The highest BCUT2D eigenvalue weighted by Gasteiger charge is 2.21. The number of ether oxygens (including phenoxy) is 2. The van der Waals surface area contributed by atoms with Crippen molar-refractivity contribution in [1.29, 1.82) is 0 Å². The van der Waals surface area contributed by atoms with E-state index in [0.29, 0.717) is 35.9 Å². The zero-order valence-corrected chi connectivity index (χ0v) is 15.6. The molecular weight excluding hydrogens is 332 g/mol. The van der Waals surface area contributed by atoms with Crippen molar-refractivity contribution in [1.82, 2.24) is 4.90 Å². The Morgan fingerprint density at radius 3 is 2.50 bits per heavy atom. The molecular formula is C17H25ClN2O4. The normalized spacial score (nSPS) is 10.9. The summed E-state index contributed by atoms with van der Waals surface area (Å²) in [4.78, 5) is 25.4. The number of nitrogens with one attached hydrogen (secondary N) is 1. The number of hydrogen-bond acceptors (Lipinski definition) is 5. The third kappa shape index (κ3) is 6.28. The quantitative estimate of drug-likeness (QED) is 0.785. The van der Waals surface area contributed by atoms with E-state index in [2.05, 4.69) is 5.32 Å². The van der Waals surface area contributed by atoms with Gasteiger partial charge in [-0.1, -0.05) is 11.6 Å². The van der Waals surface area contributed by atoms with Gasteiger partial charge in [0.25, 0.3) is 0 Å². The molecule has 0 spiro atoms. The van der Waals surface area contributed by atoms with Crippen LogP contribution in [0.5, 0.6) is 0 Å². The number of esters is 1. The van der Waals surface area contributed by atoms with Gasteiger partial charge in [0.2, 0.25) is 0 Å². The van der Waals surface area contributed by atoms with Crippen LogP contribution in [0.15, 0.2) is 18.2 Å². The molecule has 0 fully saturated rings. The number of halogens is 1. The lowest BCUT2D eigenvalue weighted by atomic mass is 10.2. The van der Waals surface area contributed by atoms with Gasteiger partial charge in [-0.05, 0) is 45.9 Å². The molecule has 0 radical (unpaired) electrons. The number of nitrogens with zero attached hydrogens (tertiary/aromatic N) is 1. The van der Waals surface area contributed by atoms with Crippen LogP contribution in [0.3, 0.4) is 0 Å². The van der Waals surface area contributed by atoms with Crippen LogP contribution >= 0.6 is 11.6 Å². The minimum Gasteiger partial charge on any atom is -0.465 e. The first-order valence-electron chi connectivity index (χ1n) is 7.77. The summed E-state index contributed by atoms with van der Waals surface area (Å²) in [5, 5.41) is 3.62. The Bertz CT molecular complexity index is 584. The highest BCUT2D eigenvalue weighted by Crippen LogP contribution is 2.21. The maximum atomic E-state index is 12.1. The topological polar surface area (TPSA) is 67.9 Å². The fraction of sp³-hybridized carbons (Fsp3) is 0.529. The minimum absolute atomic E-state index is 0.369. The average molecular weight is 357 g/mol. The molecule has 0 heterocycles. The maximum absolute atomic E-state index is 12.1. The highest BCUT2D eigenvalue weighted by atomic mass is 35.5. The smallest absolute Gasteiger partial charge is 0.410 e. The summed E-state index contributed by atoms with van der Waals surface area (Å²) in [5.74, 6) is -0.450. The summed E-state index contributed by atoms with van der Waals surface area (Å²) < 4.78 is 10.1. The van der Waals surface area contributed by atoms with Crippen molar-refractivity contribution in [2.45, 2.75) is 33.3 Å². The molecule has 0 aliphatic heterocycles. The second-order valence-electron chi connectivity index (χ2n) is 6.17. The standard InChI is InChI=1S/C17H25ClN2O4/c1-6-20(16(22)24-17(2,3)4)10-9-19-14-11-12(18)7-8-13(14)15(21)23-5/h7-8,11,19H,6,9-10H2,1-5H3. The van der Waals surface area contributed by atoms with Crippen molar-refractivity contribution < 1.29 is 19.1 Å². The molecule has 0 saturated carbocycles. The van der Waals surface area contributed by atoms with E-state index >= 15 is 0 Å². The van der Waals surface area contributed by atoms with Gasteiger partial charge in [0.15, 0.2) is 0 Å². The summed E-state index contributed by atoms with van der Waals surface area (Å²) in [6, 6.07) is 4.87. The number of hydrogen-bond donors (Lipinski definition) is 1. The average Bonchev–Trinajstić information content (AvgIpc) is 2.49. The molecule has 1 N–H and O–H groups in total. The van der Waals surface area contributed by atoms with Crippen LogP contribution in [0.1, 0.15) is 38.1 Å². The fourth-order valence-corrected chi connectivity index (χ4v) is 2.15. The molecule has 24 heavy (non-hydrogen) atoms. The van der Waals surface area contributed by atoms with Gasteiger partial charge in [-0.15, -0.1) is 0 Å². The molecule has 7 heteroatoms. The molecule has 0 unspecified atom stereocenters. The van der Waals surface area contributed by atoms with Gasteiger partial charge in [0, 0.05) is 24.7 Å². The Morgan fingerprint density at radius 1 is 1.29 bits per heavy atom. The van der Waals surface area contributed by atoms with Crippen LogP contribution in [0.2, 0.25) is 5.02 Å². The largest absolute Gasteiger partial charge is 0.465 e. The lowest BCUT2D eigenvalue weighted by Crippen LogP contribution is -2.39. The number of benzene rings is 1. The van der Waals surface area contributed by atoms with Crippen molar-refractivity contribution in [2.24, 2.45) is 0 Å². The van der Waals surface area contributed by atoms with E-state index in [-0.39, 0.29) is 6.09 Å². The van der Waals surface area contributed by atoms with Gasteiger partial charge in [0.05, 0.1) is 18.4 Å². The van der Waals surface area contributed by atoms with Crippen molar-refractivity contribution >= 4 is 29.4 Å². The van der Waals surface area contributed by atoms with Crippen molar-refractivity contribution in [2.75, 3.05) is 32.1 Å². The van der Waals surface area contributed by atoms with Crippen LogP contribution in [-0.4, -0.2) is 49.3 Å². The van der Waals surface area contributed by atoms with Crippen LogP contribution < -0.4 is 5.32 Å². The Labute approximate surface area is 148 Å². The van der Waals surface area contributed by atoms with Gasteiger partial charge in [-0.2, -0.15) is 0 Å². The number of likely N-dealkylation sites (N-methyl/N-ethyl adjacent to an activating group) is 1. The van der Waals surface area contributed by atoms with Gasteiger partial charge >= 0.3 is 12.1 Å². The van der Waals surface area contributed by atoms with Crippen LogP contribution in [-0.2, 0) is 9.47 Å². The van der Waals surface area contributed by atoms with Crippen LogP contribution in [0.4, 0.5) is 10.5 Å². The zero-order valence-electron chi connectivity index (χ0n) is 14.8. The summed E-state index contributed by atoms with van der Waals surface area (Å²) in [7, 11) is 1.32. The third-order valence-electron chi connectivity index (χ3n) is 3.12. The van der Waals surface area contributed by atoms with E-state index in [1.54, 1.807) is 23.1 Å². The van der Waals surface area contributed by atoms with Crippen molar-refractivity contribution in [3.05, 3.63) is 28.8 Å². The Morgan fingerprint density at radius 2 is 1.96 bits per heavy atom. The molecule has 0 saturated heterocycles. The van der Waals surface area contributed by atoms with E-state index in [0.717, 1.165) is 0 Å². The molecule has 1 rings (SSSR count). The fourth-order valence-electron chi connectivity index (χ4n) is 1.98. The second kappa shape index (κ2) is 8.78. The lowest BCUT2D eigenvalue weighted by Gasteiger charge is -2.26. The first-order chi connectivity index (χ1) is 11.2. The first kappa shape index (κ1) is 20.1. The summed E-state index contributed by atoms with van der Waals surface area (Å²) in [6.45, 7) is 8.75. The molecule has 0 atom stereocenters. The van der Waals surface area contributed by atoms with Crippen molar-refractivity contribution in [3.8, 4) is 0 Å². The van der Waals surface area contributed by atoms with Gasteiger partial charge in [0.1, 0.15) is 5.60 Å². The molecule has 1 aromatic rings. The van der Waals surface area contributed by atoms with Crippen molar-refractivity contribution in [3.63, 3.8) is 0 Å². The molecule has 1 amide bonds. The number of carbonyl (C=O) groups is 2. The van der Waals surface area contributed by atoms with E-state index in [4.69, 9.17) is 21.1 Å². The zero-order chi connectivity index (χ0) is 18.3. The summed E-state index contributed by atoms with van der Waals surface area (Å²) in [6.07, 6.45) is -0.369. The monoisotopic (exact) mass is 356 g/mol.